The molecular weight excluding hydrogens is 357 g/mol. The van der Waals surface area contributed by atoms with Crippen LogP contribution in [-0.4, -0.2) is 29.3 Å². The fraction of sp³-hybridized carbons (Fsp3) is 0.600. The molecule has 2 unspecified atom stereocenters. The highest BCUT2D eigenvalue weighted by molar-refractivity contribution is 5.84. The Bertz CT molecular complexity index is 741. The molecule has 0 bridgehead atoms. The fourth-order valence-electron chi connectivity index (χ4n) is 3.81. The maximum absolute atomic E-state index is 13.1. The normalized spacial score (nSPS) is 26.0. The van der Waals surface area contributed by atoms with Crippen LogP contribution in [0.2, 0.25) is 0 Å². The van der Waals surface area contributed by atoms with E-state index >= 15 is 0 Å². The smallest absolute Gasteiger partial charge is 0.353 e. The number of nitrogens with one attached hydrogen (secondary N) is 1. The summed E-state index contributed by atoms with van der Waals surface area (Å²) in [5, 5.41) is 2.99. The first kappa shape index (κ1) is 18.3. The molecule has 1 N–H and O–H groups in total. The van der Waals surface area contributed by atoms with Crippen molar-refractivity contribution in [2.24, 2.45) is 11.8 Å². The van der Waals surface area contributed by atoms with Crippen molar-refractivity contribution in [1.82, 2.24) is 10.2 Å². The molecule has 1 aromatic carbocycles. The molecule has 1 aromatic rings. The number of likely N-dealkylation sites (tertiary alicyclic amines) is 1. The number of carbonyl (C=O) groups excluding carboxylic acids is 2. The van der Waals surface area contributed by atoms with E-state index in [9.17, 15) is 22.8 Å². The molecule has 2 saturated carbocycles. The summed E-state index contributed by atoms with van der Waals surface area (Å²) < 4.78 is 39.3. The van der Waals surface area contributed by atoms with E-state index in [4.69, 9.17) is 0 Å². The van der Waals surface area contributed by atoms with Gasteiger partial charge in [-0.25, -0.2) is 0 Å². The van der Waals surface area contributed by atoms with E-state index in [-0.39, 0.29) is 36.2 Å². The third-order valence-electron chi connectivity index (χ3n) is 5.68. The molecule has 7 heteroatoms. The maximum atomic E-state index is 13.1. The average molecular weight is 380 g/mol. The first-order valence-corrected chi connectivity index (χ1v) is 9.61. The Kier molecular flexibility index (Phi) is 4.64. The topological polar surface area (TPSA) is 49.4 Å². The largest absolute Gasteiger partial charge is 0.416 e. The molecule has 27 heavy (non-hydrogen) atoms. The van der Waals surface area contributed by atoms with E-state index in [1.165, 1.54) is 6.07 Å². The van der Waals surface area contributed by atoms with Crippen molar-refractivity contribution >= 4 is 11.8 Å². The lowest BCUT2D eigenvalue weighted by atomic mass is 9.87. The standard InChI is InChI=1S/C20H23F3N2O2/c21-20(22,23)15-3-1-2-13(10-15)17-9-6-14(18(26)24-16-7-8-16)11-25(17)19(27)12-4-5-12/h1-3,10,12,14,16-17H,4-9,11H2,(H,24,26). The number of hydrogen-bond acceptors (Lipinski definition) is 2. The zero-order valence-corrected chi connectivity index (χ0v) is 15.0. The first-order valence-electron chi connectivity index (χ1n) is 9.61. The van der Waals surface area contributed by atoms with Crippen molar-refractivity contribution in [2.75, 3.05) is 6.54 Å². The minimum absolute atomic E-state index is 0.0265. The number of rotatable bonds is 4. The molecule has 1 aliphatic heterocycles. The molecule has 2 aliphatic carbocycles. The predicted molar refractivity (Wildman–Crippen MR) is 92.5 cm³/mol. The van der Waals surface area contributed by atoms with Crippen molar-refractivity contribution in [2.45, 2.75) is 56.8 Å². The van der Waals surface area contributed by atoms with Crippen molar-refractivity contribution < 1.29 is 22.8 Å². The molecule has 1 heterocycles. The van der Waals surface area contributed by atoms with Crippen LogP contribution in [0.1, 0.15) is 55.7 Å². The van der Waals surface area contributed by atoms with Crippen LogP contribution in [-0.2, 0) is 15.8 Å². The highest BCUT2D eigenvalue weighted by atomic mass is 19.4. The summed E-state index contributed by atoms with van der Waals surface area (Å²) >= 11 is 0. The van der Waals surface area contributed by atoms with Crippen LogP contribution >= 0.6 is 0 Å². The van der Waals surface area contributed by atoms with E-state index in [0.29, 0.717) is 18.4 Å². The van der Waals surface area contributed by atoms with E-state index in [2.05, 4.69) is 5.32 Å². The Labute approximate surface area is 156 Å². The number of benzene rings is 1. The van der Waals surface area contributed by atoms with Gasteiger partial charge in [-0.05, 0) is 56.2 Å². The molecule has 0 spiro atoms. The number of nitrogens with zero attached hydrogens (tertiary/aromatic N) is 1. The van der Waals surface area contributed by atoms with Gasteiger partial charge >= 0.3 is 6.18 Å². The maximum Gasteiger partial charge on any atom is 0.416 e. The van der Waals surface area contributed by atoms with Gasteiger partial charge in [-0.3, -0.25) is 9.59 Å². The number of carbonyl (C=O) groups is 2. The van der Waals surface area contributed by atoms with Crippen LogP contribution in [0, 0.1) is 11.8 Å². The minimum Gasteiger partial charge on any atom is -0.353 e. The summed E-state index contributed by atoms with van der Waals surface area (Å²) in [6.07, 6.45) is 0.304. The minimum atomic E-state index is -4.41. The van der Waals surface area contributed by atoms with Crippen molar-refractivity contribution in [3.8, 4) is 0 Å². The highest BCUT2D eigenvalue weighted by Gasteiger charge is 2.42. The SMILES string of the molecule is O=C(NC1CC1)C1CCC(c2cccc(C(F)(F)F)c2)N(C(=O)C2CC2)C1. The zero-order valence-electron chi connectivity index (χ0n) is 15.0. The number of hydrogen-bond donors (Lipinski definition) is 1. The Hall–Kier alpha value is -2.05. The second-order valence-electron chi connectivity index (χ2n) is 7.96. The second kappa shape index (κ2) is 6.84. The quantitative estimate of drug-likeness (QED) is 0.866. The van der Waals surface area contributed by atoms with Gasteiger partial charge < -0.3 is 10.2 Å². The van der Waals surface area contributed by atoms with Gasteiger partial charge in [0, 0.05) is 18.5 Å². The molecule has 2 atom stereocenters. The summed E-state index contributed by atoms with van der Waals surface area (Å²) in [6.45, 7) is 0.287. The number of halogens is 3. The summed E-state index contributed by atoms with van der Waals surface area (Å²) in [5.41, 5.74) is -0.202. The van der Waals surface area contributed by atoms with Gasteiger partial charge in [0.05, 0.1) is 17.5 Å². The van der Waals surface area contributed by atoms with Crippen LogP contribution in [0.3, 0.4) is 0 Å². The van der Waals surface area contributed by atoms with Crippen LogP contribution in [0.25, 0.3) is 0 Å². The molecule has 2 amide bonds. The van der Waals surface area contributed by atoms with Gasteiger partial charge in [-0.15, -0.1) is 0 Å². The van der Waals surface area contributed by atoms with Gasteiger partial charge in [-0.1, -0.05) is 12.1 Å². The lowest BCUT2D eigenvalue weighted by Crippen LogP contribution is -2.47. The second-order valence-corrected chi connectivity index (χ2v) is 7.96. The van der Waals surface area contributed by atoms with E-state index in [1.807, 2.05) is 0 Å². The molecule has 1 saturated heterocycles. The molecule has 4 nitrogen and oxygen atoms in total. The van der Waals surface area contributed by atoms with E-state index in [1.54, 1.807) is 11.0 Å². The van der Waals surface area contributed by atoms with Crippen LogP contribution in [0.4, 0.5) is 13.2 Å². The predicted octanol–water partition coefficient (Wildman–Crippen LogP) is 3.67. The van der Waals surface area contributed by atoms with Gasteiger partial charge in [0.25, 0.3) is 0 Å². The van der Waals surface area contributed by atoms with E-state index in [0.717, 1.165) is 37.8 Å². The number of alkyl halides is 3. The number of piperidine rings is 1. The summed E-state index contributed by atoms with van der Waals surface area (Å²) in [6, 6.07) is 5.09. The summed E-state index contributed by atoms with van der Waals surface area (Å²) in [4.78, 5) is 26.9. The van der Waals surface area contributed by atoms with Crippen LogP contribution in [0.5, 0.6) is 0 Å². The molecule has 3 fully saturated rings. The van der Waals surface area contributed by atoms with Gasteiger partial charge in [0.1, 0.15) is 0 Å². The Morgan fingerprint density at radius 1 is 1.00 bits per heavy atom. The molecule has 0 radical (unpaired) electrons. The fourth-order valence-corrected chi connectivity index (χ4v) is 3.81. The Morgan fingerprint density at radius 3 is 2.33 bits per heavy atom. The molecule has 3 aliphatic rings. The Balaban J connectivity index is 1.55. The number of amides is 2. The lowest BCUT2D eigenvalue weighted by Gasteiger charge is -2.40. The average Bonchev–Trinajstić information content (AvgIpc) is 3.53. The molecular formula is C20H23F3N2O2. The third kappa shape index (κ3) is 4.12. The highest BCUT2D eigenvalue weighted by Crippen LogP contribution is 2.40. The van der Waals surface area contributed by atoms with Gasteiger partial charge in [-0.2, -0.15) is 13.2 Å². The lowest BCUT2D eigenvalue weighted by molar-refractivity contribution is -0.140. The van der Waals surface area contributed by atoms with Crippen molar-refractivity contribution in [1.29, 1.82) is 0 Å². The molecule has 146 valence electrons. The monoisotopic (exact) mass is 380 g/mol. The third-order valence-corrected chi connectivity index (χ3v) is 5.68. The van der Waals surface area contributed by atoms with Crippen LogP contribution < -0.4 is 5.32 Å². The van der Waals surface area contributed by atoms with Gasteiger partial charge in [0.15, 0.2) is 0 Å². The summed E-state index contributed by atoms with van der Waals surface area (Å²) in [5.74, 6) is -0.381. The van der Waals surface area contributed by atoms with Crippen molar-refractivity contribution in [3.05, 3.63) is 35.4 Å². The zero-order chi connectivity index (χ0) is 19.2. The van der Waals surface area contributed by atoms with E-state index < -0.39 is 17.8 Å². The van der Waals surface area contributed by atoms with Crippen molar-refractivity contribution in [3.63, 3.8) is 0 Å². The molecule has 0 aromatic heterocycles. The summed E-state index contributed by atoms with van der Waals surface area (Å²) in [7, 11) is 0. The van der Waals surface area contributed by atoms with Gasteiger partial charge in [0.2, 0.25) is 11.8 Å². The van der Waals surface area contributed by atoms with Crippen LogP contribution in [0.15, 0.2) is 24.3 Å². The first-order chi connectivity index (χ1) is 12.8. The Morgan fingerprint density at radius 2 is 1.70 bits per heavy atom. The molecule has 4 rings (SSSR count).